The molecule has 0 radical (unpaired) electrons. The number of benzene rings is 3. The summed E-state index contributed by atoms with van der Waals surface area (Å²) in [7, 11) is -2.18. The molecule has 0 amide bonds. The lowest BCUT2D eigenvalue weighted by atomic mass is 10.1. The Morgan fingerprint density at radius 2 is 1.71 bits per heavy atom. The molecule has 0 aromatic heterocycles. The van der Waals surface area contributed by atoms with E-state index in [1.54, 1.807) is 23.5 Å². The summed E-state index contributed by atoms with van der Waals surface area (Å²) < 4.78 is 47.1. The zero-order chi connectivity index (χ0) is 26.5. The minimum Gasteiger partial charge on any atom is -0.493 e. The maximum Gasteiger partial charge on any atom is 0.243 e. The number of methoxy groups -OCH3 is 1. The molecule has 38 heavy (non-hydrogen) atoms. The van der Waals surface area contributed by atoms with Gasteiger partial charge in [0.2, 0.25) is 10.0 Å². The third kappa shape index (κ3) is 5.98. The van der Waals surface area contributed by atoms with Crippen molar-refractivity contribution in [2.24, 2.45) is 0 Å². The average Bonchev–Trinajstić information content (AvgIpc) is 3.37. The SMILES string of the molecule is COc1cccc2c1OC[C@H](Cc1ccc(OCCN3CCCC3)cc1)N(S(=O)(=O)c1ccc(C)cc1)C2. The van der Waals surface area contributed by atoms with Crippen LogP contribution in [-0.4, -0.2) is 63.6 Å². The van der Waals surface area contributed by atoms with Gasteiger partial charge in [-0.3, -0.25) is 4.90 Å². The van der Waals surface area contributed by atoms with Gasteiger partial charge < -0.3 is 14.2 Å². The Hall–Kier alpha value is -3.07. The minimum atomic E-state index is -3.78. The summed E-state index contributed by atoms with van der Waals surface area (Å²) in [4.78, 5) is 2.71. The van der Waals surface area contributed by atoms with Crippen LogP contribution in [0, 0.1) is 6.92 Å². The van der Waals surface area contributed by atoms with Gasteiger partial charge in [0.1, 0.15) is 19.0 Å². The standard InChI is InChI=1S/C30H36N2O5S/c1-23-8-14-28(15-9-23)38(33,34)32-21-25-6-5-7-29(35-2)30(25)37-22-26(32)20-24-10-12-27(13-11-24)36-19-18-31-16-3-4-17-31/h5-15,26H,3-4,16-22H2,1-2H3/t26-/m0/s1. The highest BCUT2D eigenvalue weighted by atomic mass is 32.2. The van der Waals surface area contributed by atoms with Gasteiger partial charge in [-0.2, -0.15) is 4.31 Å². The summed E-state index contributed by atoms with van der Waals surface area (Å²) in [5.41, 5.74) is 2.81. The molecule has 5 rings (SSSR count). The smallest absolute Gasteiger partial charge is 0.243 e. The summed E-state index contributed by atoms with van der Waals surface area (Å²) in [6, 6.07) is 20.2. The summed E-state index contributed by atoms with van der Waals surface area (Å²) in [6.07, 6.45) is 3.05. The molecular weight excluding hydrogens is 500 g/mol. The predicted molar refractivity (Wildman–Crippen MR) is 147 cm³/mol. The Morgan fingerprint density at radius 3 is 2.42 bits per heavy atom. The number of hydrogen-bond donors (Lipinski definition) is 0. The molecule has 1 saturated heterocycles. The molecule has 2 aliphatic rings. The fourth-order valence-electron chi connectivity index (χ4n) is 5.15. The van der Waals surface area contributed by atoms with Gasteiger partial charge in [0.05, 0.1) is 18.0 Å². The van der Waals surface area contributed by atoms with Gasteiger partial charge in [0.15, 0.2) is 11.5 Å². The quantitative estimate of drug-likeness (QED) is 0.396. The van der Waals surface area contributed by atoms with E-state index in [2.05, 4.69) is 4.90 Å². The molecule has 1 atom stereocenters. The van der Waals surface area contributed by atoms with E-state index in [1.807, 2.05) is 61.5 Å². The van der Waals surface area contributed by atoms with Crippen molar-refractivity contribution in [2.45, 2.75) is 43.7 Å². The first-order valence-electron chi connectivity index (χ1n) is 13.3. The number of fused-ring (bicyclic) bond motifs is 1. The maximum absolute atomic E-state index is 13.9. The van der Waals surface area contributed by atoms with Crippen LogP contribution in [0.3, 0.4) is 0 Å². The first-order valence-corrected chi connectivity index (χ1v) is 14.7. The van der Waals surface area contributed by atoms with Gasteiger partial charge in [-0.1, -0.05) is 42.0 Å². The molecule has 8 heteroatoms. The summed E-state index contributed by atoms with van der Waals surface area (Å²) >= 11 is 0. The molecule has 0 unspecified atom stereocenters. The van der Waals surface area contributed by atoms with E-state index in [0.717, 1.165) is 42.1 Å². The van der Waals surface area contributed by atoms with Crippen LogP contribution in [0.25, 0.3) is 0 Å². The molecule has 0 N–H and O–H groups in total. The second-order valence-electron chi connectivity index (χ2n) is 10.0. The molecule has 0 spiro atoms. The van der Waals surface area contributed by atoms with Gasteiger partial charge in [0, 0.05) is 18.7 Å². The Kier molecular flexibility index (Phi) is 8.21. The molecule has 0 aliphatic carbocycles. The Morgan fingerprint density at radius 1 is 0.974 bits per heavy atom. The third-order valence-electron chi connectivity index (χ3n) is 7.33. The number of sulfonamides is 1. The van der Waals surface area contributed by atoms with Crippen LogP contribution in [0.1, 0.15) is 29.5 Å². The van der Waals surface area contributed by atoms with E-state index in [1.165, 1.54) is 12.8 Å². The monoisotopic (exact) mass is 536 g/mol. The van der Waals surface area contributed by atoms with E-state index in [0.29, 0.717) is 24.5 Å². The second kappa shape index (κ2) is 11.8. The fraction of sp³-hybridized carbons (Fsp3) is 0.400. The van der Waals surface area contributed by atoms with Crippen molar-refractivity contribution in [1.29, 1.82) is 0 Å². The van der Waals surface area contributed by atoms with Crippen LogP contribution in [0.4, 0.5) is 0 Å². The molecule has 7 nitrogen and oxygen atoms in total. The van der Waals surface area contributed by atoms with Gasteiger partial charge in [-0.25, -0.2) is 8.42 Å². The molecule has 3 aromatic rings. The van der Waals surface area contributed by atoms with Crippen LogP contribution in [0.15, 0.2) is 71.6 Å². The number of rotatable bonds is 9. The first-order chi connectivity index (χ1) is 18.4. The number of hydrogen-bond acceptors (Lipinski definition) is 6. The molecule has 0 bridgehead atoms. The van der Waals surface area contributed by atoms with E-state index in [4.69, 9.17) is 14.2 Å². The van der Waals surface area contributed by atoms with Crippen molar-refractivity contribution in [3.63, 3.8) is 0 Å². The van der Waals surface area contributed by atoms with Crippen molar-refractivity contribution in [3.05, 3.63) is 83.4 Å². The lowest BCUT2D eigenvalue weighted by Crippen LogP contribution is -2.43. The average molecular weight is 537 g/mol. The van der Waals surface area contributed by atoms with E-state index < -0.39 is 16.1 Å². The summed E-state index contributed by atoms with van der Waals surface area (Å²) in [5.74, 6) is 2.03. The highest BCUT2D eigenvalue weighted by Gasteiger charge is 2.36. The topological polar surface area (TPSA) is 68.3 Å². The zero-order valence-corrected chi connectivity index (χ0v) is 23.0. The van der Waals surface area contributed by atoms with Gasteiger partial charge in [-0.15, -0.1) is 0 Å². The number of para-hydroxylation sites is 1. The number of aryl methyl sites for hydroxylation is 1. The molecule has 2 heterocycles. The van der Waals surface area contributed by atoms with Crippen LogP contribution in [-0.2, 0) is 23.0 Å². The maximum atomic E-state index is 13.9. The van der Waals surface area contributed by atoms with Crippen molar-refractivity contribution < 1.29 is 22.6 Å². The molecule has 1 fully saturated rings. The largest absolute Gasteiger partial charge is 0.493 e. The predicted octanol–water partition coefficient (Wildman–Crippen LogP) is 4.67. The molecule has 202 valence electrons. The van der Waals surface area contributed by atoms with Crippen LogP contribution >= 0.6 is 0 Å². The number of nitrogens with zero attached hydrogens (tertiary/aromatic N) is 2. The highest BCUT2D eigenvalue weighted by Crippen LogP contribution is 2.37. The van der Waals surface area contributed by atoms with Gasteiger partial charge >= 0.3 is 0 Å². The zero-order valence-electron chi connectivity index (χ0n) is 22.1. The summed E-state index contributed by atoms with van der Waals surface area (Å²) in [6.45, 7) is 6.28. The minimum absolute atomic E-state index is 0.200. The fourth-order valence-corrected chi connectivity index (χ4v) is 6.74. The third-order valence-corrected chi connectivity index (χ3v) is 9.24. The van der Waals surface area contributed by atoms with E-state index in [-0.39, 0.29) is 18.0 Å². The van der Waals surface area contributed by atoms with Crippen LogP contribution in [0.5, 0.6) is 17.2 Å². The van der Waals surface area contributed by atoms with Crippen LogP contribution < -0.4 is 14.2 Å². The molecule has 2 aliphatic heterocycles. The highest BCUT2D eigenvalue weighted by molar-refractivity contribution is 7.89. The summed E-state index contributed by atoms with van der Waals surface area (Å²) in [5, 5.41) is 0. The van der Waals surface area contributed by atoms with E-state index in [9.17, 15) is 8.42 Å². The lowest BCUT2D eigenvalue weighted by Gasteiger charge is -2.28. The number of likely N-dealkylation sites (tertiary alicyclic amines) is 1. The second-order valence-corrected chi connectivity index (χ2v) is 11.9. The molecule has 3 aromatic carbocycles. The van der Waals surface area contributed by atoms with Crippen molar-refractivity contribution >= 4 is 10.0 Å². The normalized spacial score (nSPS) is 18.4. The van der Waals surface area contributed by atoms with Gasteiger partial charge in [-0.05, 0) is 75.2 Å². The Bertz CT molecular complexity index is 1320. The van der Waals surface area contributed by atoms with E-state index >= 15 is 0 Å². The van der Waals surface area contributed by atoms with Crippen molar-refractivity contribution in [2.75, 3.05) is 40.0 Å². The molecular formula is C30H36N2O5S. The first kappa shape index (κ1) is 26.5. The Labute approximate surface area is 226 Å². The Balaban J connectivity index is 1.36. The van der Waals surface area contributed by atoms with Gasteiger partial charge in [0.25, 0.3) is 0 Å². The molecule has 0 saturated carbocycles. The van der Waals surface area contributed by atoms with Crippen molar-refractivity contribution in [1.82, 2.24) is 9.21 Å². The van der Waals surface area contributed by atoms with Crippen molar-refractivity contribution in [3.8, 4) is 17.2 Å². The number of ether oxygens (including phenoxy) is 3. The van der Waals surface area contributed by atoms with Crippen LogP contribution in [0.2, 0.25) is 0 Å². The lowest BCUT2D eigenvalue weighted by molar-refractivity contribution is 0.214.